The van der Waals surface area contributed by atoms with Gasteiger partial charge >= 0.3 is 0 Å². The summed E-state index contributed by atoms with van der Waals surface area (Å²) in [7, 11) is 0. The molecule has 14 heavy (non-hydrogen) atoms. The van der Waals surface area contributed by atoms with E-state index >= 15 is 0 Å². The summed E-state index contributed by atoms with van der Waals surface area (Å²) < 4.78 is 0. The summed E-state index contributed by atoms with van der Waals surface area (Å²) in [5.41, 5.74) is 5.72. The monoisotopic (exact) mass is 197 g/mol. The smallest absolute Gasteiger partial charge is 0.0193 e. The molecule has 2 fully saturated rings. The summed E-state index contributed by atoms with van der Waals surface area (Å²) in [6.07, 6.45) is 5.43. The molecule has 0 spiro atoms. The second-order valence-corrected chi connectivity index (χ2v) is 4.78. The fourth-order valence-electron chi connectivity index (χ4n) is 2.93. The Morgan fingerprint density at radius 3 is 2.79 bits per heavy atom. The van der Waals surface area contributed by atoms with Crippen LogP contribution in [0.5, 0.6) is 0 Å². The van der Waals surface area contributed by atoms with Gasteiger partial charge in [0.25, 0.3) is 0 Å². The highest BCUT2D eigenvalue weighted by atomic mass is 14.9. The Bertz CT molecular complexity index is 166. The Kier molecular flexibility index (Phi) is 3.79. The summed E-state index contributed by atoms with van der Waals surface area (Å²) in [4.78, 5) is 0. The lowest BCUT2D eigenvalue weighted by Crippen LogP contribution is -2.46. The average Bonchev–Trinajstić information content (AvgIpc) is 2.30. The second-order valence-electron chi connectivity index (χ2n) is 4.78. The van der Waals surface area contributed by atoms with E-state index in [0.29, 0.717) is 6.04 Å². The van der Waals surface area contributed by atoms with Crippen molar-refractivity contribution < 1.29 is 0 Å². The molecule has 2 saturated heterocycles. The number of nitrogens with one attached hydrogen (secondary N) is 2. The van der Waals surface area contributed by atoms with E-state index in [4.69, 9.17) is 5.73 Å². The maximum atomic E-state index is 5.72. The van der Waals surface area contributed by atoms with Gasteiger partial charge in [-0.3, -0.25) is 0 Å². The summed E-state index contributed by atoms with van der Waals surface area (Å²) >= 11 is 0. The molecule has 0 radical (unpaired) electrons. The largest absolute Gasteiger partial charge is 0.329 e. The second kappa shape index (κ2) is 5.10. The topological polar surface area (TPSA) is 50.1 Å². The highest BCUT2D eigenvalue weighted by Gasteiger charge is 2.28. The zero-order chi connectivity index (χ0) is 9.80. The number of hydrogen-bond acceptors (Lipinski definition) is 3. The Morgan fingerprint density at radius 2 is 2.07 bits per heavy atom. The van der Waals surface area contributed by atoms with E-state index < -0.39 is 0 Å². The maximum absolute atomic E-state index is 5.72. The van der Waals surface area contributed by atoms with Crippen molar-refractivity contribution in [1.29, 1.82) is 0 Å². The standard InChI is InChI=1S/C11H23N3/c12-7-11-6-9(3-5-14-11)10-2-1-4-13-8-10/h9-11,13-14H,1-8,12H2. The molecule has 0 aromatic heterocycles. The molecule has 3 unspecified atom stereocenters. The van der Waals surface area contributed by atoms with Crippen LogP contribution in [0, 0.1) is 11.8 Å². The number of nitrogens with two attached hydrogens (primary N) is 1. The first-order chi connectivity index (χ1) is 6.90. The van der Waals surface area contributed by atoms with Crippen molar-refractivity contribution in [3.8, 4) is 0 Å². The Morgan fingerprint density at radius 1 is 1.14 bits per heavy atom. The number of rotatable bonds is 2. The third kappa shape index (κ3) is 2.47. The normalized spacial score (nSPS) is 39.6. The number of hydrogen-bond donors (Lipinski definition) is 3. The molecule has 3 atom stereocenters. The molecule has 2 heterocycles. The molecule has 3 heteroatoms. The van der Waals surface area contributed by atoms with Crippen molar-refractivity contribution in [2.45, 2.75) is 31.7 Å². The van der Waals surface area contributed by atoms with Gasteiger partial charge in [0.1, 0.15) is 0 Å². The van der Waals surface area contributed by atoms with Gasteiger partial charge in [-0.2, -0.15) is 0 Å². The van der Waals surface area contributed by atoms with Gasteiger partial charge in [-0.05, 0) is 57.2 Å². The molecule has 2 aliphatic heterocycles. The van der Waals surface area contributed by atoms with Crippen molar-refractivity contribution in [3.05, 3.63) is 0 Å². The van der Waals surface area contributed by atoms with Crippen LogP contribution in [0.3, 0.4) is 0 Å². The Balaban J connectivity index is 1.83. The molecule has 0 aromatic carbocycles. The average molecular weight is 197 g/mol. The SMILES string of the molecule is NCC1CC(C2CCCNC2)CCN1. The van der Waals surface area contributed by atoms with Crippen LogP contribution in [0.25, 0.3) is 0 Å². The van der Waals surface area contributed by atoms with Crippen molar-refractivity contribution in [2.75, 3.05) is 26.2 Å². The molecule has 0 saturated carbocycles. The predicted molar refractivity (Wildman–Crippen MR) is 59.2 cm³/mol. The van der Waals surface area contributed by atoms with Crippen LogP contribution in [0.15, 0.2) is 0 Å². The number of piperidine rings is 2. The minimum Gasteiger partial charge on any atom is -0.329 e. The first-order valence-corrected chi connectivity index (χ1v) is 6.04. The zero-order valence-corrected chi connectivity index (χ0v) is 8.97. The van der Waals surface area contributed by atoms with Gasteiger partial charge in [-0.15, -0.1) is 0 Å². The highest BCUT2D eigenvalue weighted by Crippen LogP contribution is 2.28. The van der Waals surface area contributed by atoms with Crippen molar-refractivity contribution in [2.24, 2.45) is 17.6 Å². The molecule has 0 amide bonds. The fourth-order valence-corrected chi connectivity index (χ4v) is 2.93. The maximum Gasteiger partial charge on any atom is 0.0193 e. The Hall–Kier alpha value is -0.120. The molecule has 2 aliphatic rings. The van der Waals surface area contributed by atoms with Crippen LogP contribution in [-0.2, 0) is 0 Å². The van der Waals surface area contributed by atoms with Crippen LogP contribution < -0.4 is 16.4 Å². The molecular weight excluding hydrogens is 174 g/mol. The van der Waals surface area contributed by atoms with E-state index in [1.54, 1.807) is 0 Å². The van der Waals surface area contributed by atoms with Gasteiger partial charge in [0, 0.05) is 12.6 Å². The van der Waals surface area contributed by atoms with Gasteiger partial charge < -0.3 is 16.4 Å². The molecule has 0 bridgehead atoms. The van der Waals surface area contributed by atoms with Crippen LogP contribution in [0.1, 0.15) is 25.7 Å². The molecule has 0 aromatic rings. The molecule has 0 aliphatic carbocycles. The molecular formula is C11H23N3. The van der Waals surface area contributed by atoms with Crippen molar-refractivity contribution in [3.63, 3.8) is 0 Å². The molecule has 82 valence electrons. The first kappa shape index (κ1) is 10.4. The van der Waals surface area contributed by atoms with Crippen LogP contribution in [-0.4, -0.2) is 32.2 Å². The van der Waals surface area contributed by atoms with Crippen LogP contribution >= 0.6 is 0 Å². The van der Waals surface area contributed by atoms with Gasteiger partial charge in [-0.1, -0.05) is 0 Å². The molecule has 2 rings (SSSR count). The Labute approximate surface area is 86.8 Å². The lowest BCUT2D eigenvalue weighted by molar-refractivity contribution is 0.190. The van der Waals surface area contributed by atoms with E-state index in [9.17, 15) is 0 Å². The lowest BCUT2D eigenvalue weighted by atomic mass is 9.78. The minimum atomic E-state index is 0.579. The fraction of sp³-hybridized carbons (Fsp3) is 1.00. The van der Waals surface area contributed by atoms with Gasteiger partial charge in [-0.25, -0.2) is 0 Å². The third-order valence-electron chi connectivity index (χ3n) is 3.82. The van der Waals surface area contributed by atoms with Gasteiger partial charge in [0.15, 0.2) is 0 Å². The van der Waals surface area contributed by atoms with Crippen molar-refractivity contribution in [1.82, 2.24) is 10.6 Å². The predicted octanol–water partition coefficient (Wildman–Crippen LogP) is 0.313. The van der Waals surface area contributed by atoms with Gasteiger partial charge in [0.2, 0.25) is 0 Å². The zero-order valence-electron chi connectivity index (χ0n) is 8.97. The quantitative estimate of drug-likeness (QED) is 0.597. The summed E-state index contributed by atoms with van der Waals surface area (Å²) in [5, 5.41) is 7.01. The van der Waals surface area contributed by atoms with Gasteiger partial charge in [0.05, 0.1) is 0 Å². The summed E-state index contributed by atoms with van der Waals surface area (Å²) in [6.45, 7) is 4.43. The first-order valence-electron chi connectivity index (χ1n) is 6.04. The lowest BCUT2D eigenvalue weighted by Gasteiger charge is -2.37. The van der Waals surface area contributed by atoms with E-state index in [-0.39, 0.29) is 0 Å². The summed E-state index contributed by atoms with van der Waals surface area (Å²) in [6, 6.07) is 0.579. The van der Waals surface area contributed by atoms with E-state index in [2.05, 4.69) is 10.6 Å². The third-order valence-corrected chi connectivity index (χ3v) is 3.82. The minimum absolute atomic E-state index is 0.579. The van der Waals surface area contributed by atoms with Crippen LogP contribution in [0.4, 0.5) is 0 Å². The molecule has 4 N–H and O–H groups in total. The van der Waals surface area contributed by atoms with E-state index in [1.807, 2.05) is 0 Å². The summed E-state index contributed by atoms with van der Waals surface area (Å²) in [5.74, 6) is 1.83. The molecule has 3 nitrogen and oxygen atoms in total. The highest BCUT2D eigenvalue weighted by molar-refractivity contribution is 4.85. The van der Waals surface area contributed by atoms with E-state index in [0.717, 1.165) is 18.4 Å². The van der Waals surface area contributed by atoms with Crippen LogP contribution in [0.2, 0.25) is 0 Å². The van der Waals surface area contributed by atoms with Crippen molar-refractivity contribution >= 4 is 0 Å². The van der Waals surface area contributed by atoms with E-state index in [1.165, 1.54) is 45.3 Å².